The van der Waals surface area contributed by atoms with Crippen LogP contribution in [0.3, 0.4) is 0 Å². The van der Waals surface area contributed by atoms with Crippen LogP contribution in [0, 0.1) is 5.92 Å². The van der Waals surface area contributed by atoms with E-state index in [4.69, 9.17) is 23.8 Å². The maximum atomic E-state index is 12.0. The van der Waals surface area contributed by atoms with Crippen LogP contribution in [0.15, 0.2) is 30.3 Å². The van der Waals surface area contributed by atoms with Crippen LogP contribution in [0.1, 0.15) is 37.7 Å². The van der Waals surface area contributed by atoms with Gasteiger partial charge >= 0.3 is 0 Å². The molecule has 1 saturated carbocycles. The topological polar surface area (TPSA) is 70.2 Å². The number of amides is 2. The molecule has 128 valence electrons. The van der Waals surface area contributed by atoms with Gasteiger partial charge in [-0.2, -0.15) is 0 Å². The van der Waals surface area contributed by atoms with Crippen molar-refractivity contribution in [3.8, 4) is 0 Å². The fourth-order valence-corrected chi connectivity index (χ4v) is 2.90. The number of nitrogens with one attached hydrogen (secondary N) is 3. The van der Waals surface area contributed by atoms with Gasteiger partial charge in [-0.25, -0.2) is 0 Å². The molecule has 1 aliphatic carbocycles. The Kier molecular flexibility index (Phi) is 7.21. The third-order valence-corrected chi connectivity index (χ3v) is 4.38. The predicted molar refractivity (Wildman–Crippen MR) is 99.1 cm³/mol. The van der Waals surface area contributed by atoms with Crippen LogP contribution in [0.2, 0.25) is 5.02 Å². The molecule has 7 heteroatoms. The highest BCUT2D eigenvalue weighted by atomic mass is 35.5. The Morgan fingerprint density at radius 2 is 1.83 bits per heavy atom. The molecule has 0 heterocycles. The van der Waals surface area contributed by atoms with Crippen LogP contribution in [0.4, 0.5) is 0 Å². The molecule has 2 rings (SSSR count). The van der Waals surface area contributed by atoms with Crippen molar-refractivity contribution < 1.29 is 9.59 Å². The lowest BCUT2D eigenvalue weighted by Gasteiger charge is -2.21. The van der Waals surface area contributed by atoms with E-state index in [-0.39, 0.29) is 16.9 Å². The molecule has 3 N–H and O–H groups in total. The first-order valence-corrected chi connectivity index (χ1v) is 8.68. The molecule has 1 aliphatic rings. The van der Waals surface area contributed by atoms with Crippen LogP contribution in [-0.4, -0.2) is 16.9 Å². The van der Waals surface area contributed by atoms with Gasteiger partial charge in [-0.3, -0.25) is 25.8 Å². The van der Waals surface area contributed by atoms with E-state index in [2.05, 4.69) is 16.2 Å². The molecule has 0 atom stereocenters. The van der Waals surface area contributed by atoms with Gasteiger partial charge in [0.15, 0.2) is 5.11 Å². The SMILES string of the molecule is O=C(C=Cc1ccccc1Cl)NC(=S)NNC(=O)C1CCCCC1. The Morgan fingerprint density at radius 3 is 2.54 bits per heavy atom. The molecule has 0 saturated heterocycles. The van der Waals surface area contributed by atoms with E-state index >= 15 is 0 Å². The van der Waals surface area contributed by atoms with E-state index < -0.39 is 5.91 Å². The van der Waals surface area contributed by atoms with E-state index in [1.54, 1.807) is 18.2 Å². The number of carbonyl (C=O) groups excluding carboxylic acids is 2. The third kappa shape index (κ3) is 5.94. The average molecular weight is 366 g/mol. The molecule has 2 amide bonds. The second-order valence-corrected chi connectivity index (χ2v) is 6.44. The van der Waals surface area contributed by atoms with Crippen LogP contribution in [-0.2, 0) is 9.59 Å². The van der Waals surface area contributed by atoms with Crippen molar-refractivity contribution in [1.82, 2.24) is 16.2 Å². The number of halogens is 1. The Hall–Kier alpha value is -1.92. The van der Waals surface area contributed by atoms with Crippen LogP contribution < -0.4 is 16.2 Å². The normalized spacial score (nSPS) is 15.0. The van der Waals surface area contributed by atoms with Gasteiger partial charge in [0.1, 0.15) is 0 Å². The summed E-state index contributed by atoms with van der Waals surface area (Å²) in [4.78, 5) is 23.8. The number of thiocarbonyl (C=S) groups is 1. The predicted octanol–water partition coefficient (Wildman–Crippen LogP) is 2.96. The minimum absolute atomic E-state index is 0.0184. The molecule has 0 aromatic heterocycles. The van der Waals surface area contributed by atoms with E-state index in [0.717, 1.165) is 31.2 Å². The number of hydrogen-bond donors (Lipinski definition) is 3. The maximum absolute atomic E-state index is 12.0. The van der Waals surface area contributed by atoms with Crippen LogP contribution >= 0.6 is 23.8 Å². The van der Waals surface area contributed by atoms with Gasteiger partial charge in [0.2, 0.25) is 11.8 Å². The Balaban J connectivity index is 1.74. The molecule has 0 aliphatic heterocycles. The van der Waals surface area contributed by atoms with Gasteiger partial charge in [0.25, 0.3) is 0 Å². The number of hydrazine groups is 1. The van der Waals surface area contributed by atoms with Gasteiger partial charge in [-0.1, -0.05) is 49.1 Å². The number of benzene rings is 1. The summed E-state index contributed by atoms with van der Waals surface area (Å²) in [5, 5.41) is 3.07. The first-order chi connectivity index (χ1) is 11.6. The number of hydrogen-bond acceptors (Lipinski definition) is 3. The van der Waals surface area contributed by atoms with Crippen LogP contribution in [0.25, 0.3) is 6.08 Å². The fourth-order valence-electron chi connectivity index (χ4n) is 2.55. The third-order valence-electron chi connectivity index (χ3n) is 3.83. The summed E-state index contributed by atoms with van der Waals surface area (Å²) < 4.78 is 0. The van der Waals surface area contributed by atoms with Gasteiger partial charge in [-0.15, -0.1) is 0 Å². The monoisotopic (exact) mass is 365 g/mol. The summed E-state index contributed by atoms with van der Waals surface area (Å²) in [5.41, 5.74) is 5.85. The molecular weight excluding hydrogens is 346 g/mol. The van der Waals surface area contributed by atoms with Gasteiger partial charge in [-0.05, 0) is 42.8 Å². The lowest BCUT2D eigenvalue weighted by atomic mass is 9.89. The Morgan fingerprint density at radius 1 is 1.12 bits per heavy atom. The van der Waals surface area contributed by atoms with Gasteiger partial charge in [0.05, 0.1) is 0 Å². The highest BCUT2D eigenvalue weighted by molar-refractivity contribution is 7.80. The minimum Gasteiger partial charge on any atom is -0.298 e. The standard InChI is InChI=1S/C17H20ClN3O2S/c18-14-9-5-4-6-12(14)10-11-15(22)19-17(24)21-20-16(23)13-7-2-1-3-8-13/h4-6,9-11,13H,1-3,7-8H2,(H,20,23)(H2,19,21,22,24). The second-order valence-electron chi connectivity index (χ2n) is 5.62. The summed E-state index contributed by atoms with van der Waals surface area (Å²) in [5.74, 6) is -0.470. The van der Waals surface area contributed by atoms with Crippen molar-refractivity contribution in [2.75, 3.05) is 0 Å². The highest BCUT2D eigenvalue weighted by Gasteiger charge is 2.20. The summed E-state index contributed by atoms with van der Waals surface area (Å²) in [6.45, 7) is 0. The summed E-state index contributed by atoms with van der Waals surface area (Å²) in [6, 6.07) is 7.18. The molecule has 1 fully saturated rings. The zero-order valence-corrected chi connectivity index (χ0v) is 14.8. The Bertz CT molecular complexity index is 642. The Labute approximate surface area is 151 Å². The summed E-state index contributed by atoms with van der Waals surface area (Å²) in [6.07, 6.45) is 8.06. The molecule has 5 nitrogen and oxygen atoms in total. The van der Waals surface area contributed by atoms with E-state index in [9.17, 15) is 9.59 Å². The van der Waals surface area contributed by atoms with Crippen LogP contribution in [0.5, 0.6) is 0 Å². The lowest BCUT2D eigenvalue weighted by molar-refractivity contribution is -0.126. The first-order valence-electron chi connectivity index (χ1n) is 7.89. The molecule has 24 heavy (non-hydrogen) atoms. The maximum Gasteiger partial charge on any atom is 0.250 e. The van der Waals surface area contributed by atoms with Crippen molar-refractivity contribution in [2.45, 2.75) is 32.1 Å². The van der Waals surface area contributed by atoms with Gasteiger partial charge in [0, 0.05) is 17.0 Å². The molecule has 1 aromatic carbocycles. The van der Waals surface area contributed by atoms with Crippen molar-refractivity contribution in [3.63, 3.8) is 0 Å². The van der Waals surface area contributed by atoms with Crippen molar-refractivity contribution >= 4 is 46.8 Å². The van der Waals surface area contributed by atoms with Crippen molar-refractivity contribution in [1.29, 1.82) is 0 Å². The zero-order chi connectivity index (χ0) is 17.4. The fraction of sp³-hybridized carbons (Fsp3) is 0.353. The van der Waals surface area contributed by atoms with E-state index in [0.29, 0.717) is 5.02 Å². The molecule has 0 spiro atoms. The highest BCUT2D eigenvalue weighted by Crippen LogP contribution is 2.23. The van der Waals surface area contributed by atoms with E-state index in [1.807, 2.05) is 12.1 Å². The second kappa shape index (κ2) is 9.39. The van der Waals surface area contributed by atoms with Crippen molar-refractivity contribution in [2.24, 2.45) is 5.92 Å². The number of rotatable bonds is 3. The van der Waals surface area contributed by atoms with Gasteiger partial charge < -0.3 is 0 Å². The molecule has 1 aromatic rings. The minimum atomic E-state index is -0.403. The lowest BCUT2D eigenvalue weighted by Crippen LogP contribution is -2.50. The molecule has 0 radical (unpaired) electrons. The quantitative estimate of drug-likeness (QED) is 0.437. The summed E-state index contributed by atoms with van der Waals surface area (Å²) in [7, 11) is 0. The van der Waals surface area contributed by atoms with E-state index in [1.165, 1.54) is 12.5 Å². The molecular formula is C17H20ClN3O2S. The largest absolute Gasteiger partial charge is 0.298 e. The van der Waals surface area contributed by atoms with Crippen molar-refractivity contribution in [3.05, 3.63) is 40.9 Å². The first kappa shape index (κ1) is 18.4. The summed E-state index contributed by atoms with van der Waals surface area (Å²) >= 11 is 11.0. The zero-order valence-electron chi connectivity index (χ0n) is 13.2. The average Bonchev–Trinajstić information content (AvgIpc) is 2.59. The smallest absolute Gasteiger partial charge is 0.250 e. The molecule has 0 bridgehead atoms. The molecule has 0 unspecified atom stereocenters. The number of carbonyl (C=O) groups is 2.